The molecular weight excluding hydrogens is 192 g/mol. The van der Waals surface area contributed by atoms with Gasteiger partial charge in [0.2, 0.25) is 0 Å². The average molecular weight is 216 g/mol. The minimum absolute atomic E-state index is 0.110. The lowest BCUT2D eigenvalue weighted by atomic mass is 10.1. The summed E-state index contributed by atoms with van der Waals surface area (Å²) in [5.74, 6) is 0. The fraction of sp³-hybridized carbons (Fsp3) is 1.00. The molecule has 1 rings (SSSR count). The van der Waals surface area contributed by atoms with Crippen molar-refractivity contribution in [2.75, 3.05) is 32.8 Å². The molecule has 1 unspecified atom stereocenters. The van der Waals surface area contributed by atoms with Crippen LogP contribution in [0.2, 0.25) is 0 Å². The topological polar surface area (TPSA) is 58.7 Å². The van der Waals surface area contributed by atoms with Crippen molar-refractivity contribution in [1.82, 2.24) is 4.90 Å². The van der Waals surface area contributed by atoms with Gasteiger partial charge in [0.15, 0.2) is 0 Å². The number of ether oxygens (including phenoxy) is 1. The molecule has 4 nitrogen and oxygen atoms in total. The van der Waals surface area contributed by atoms with E-state index in [0.29, 0.717) is 12.5 Å². The van der Waals surface area contributed by atoms with Gasteiger partial charge in [0.1, 0.15) is 0 Å². The van der Waals surface area contributed by atoms with E-state index in [0.717, 1.165) is 39.1 Å². The van der Waals surface area contributed by atoms with Gasteiger partial charge >= 0.3 is 0 Å². The first-order valence-electron chi connectivity index (χ1n) is 5.96. The molecule has 0 spiro atoms. The van der Waals surface area contributed by atoms with Gasteiger partial charge in [0.05, 0.1) is 6.10 Å². The Balaban J connectivity index is 2.14. The van der Waals surface area contributed by atoms with Crippen molar-refractivity contribution >= 4 is 0 Å². The van der Waals surface area contributed by atoms with Gasteiger partial charge in [0, 0.05) is 38.9 Å². The molecule has 1 fully saturated rings. The van der Waals surface area contributed by atoms with Crippen LogP contribution in [-0.4, -0.2) is 55.0 Å². The number of likely N-dealkylation sites (tertiary alicyclic amines) is 1. The third-order valence-electron chi connectivity index (χ3n) is 2.93. The van der Waals surface area contributed by atoms with E-state index in [1.54, 1.807) is 0 Å². The number of aliphatic hydroxyl groups excluding tert-OH is 1. The molecule has 0 aliphatic carbocycles. The molecule has 0 amide bonds. The largest absolute Gasteiger partial charge is 0.396 e. The quantitative estimate of drug-likeness (QED) is 0.666. The zero-order chi connectivity index (χ0) is 11.1. The Morgan fingerprint density at radius 2 is 2.13 bits per heavy atom. The van der Waals surface area contributed by atoms with E-state index in [4.69, 9.17) is 15.6 Å². The highest BCUT2D eigenvalue weighted by atomic mass is 16.5. The van der Waals surface area contributed by atoms with Crippen LogP contribution < -0.4 is 5.73 Å². The van der Waals surface area contributed by atoms with E-state index in [2.05, 4.69) is 4.90 Å². The second kappa shape index (κ2) is 7.17. The van der Waals surface area contributed by atoms with E-state index in [9.17, 15) is 0 Å². The van der Waals surface area contributed by atoms with Crippen LogP contribution >= 0.6 is 0 Å². The van der Waals surface area contributed by atoms with Gasteiger partial charge in [-0.05, 0) is 26.2 Å². The zero-order valence-electron chi connectivity index (χ0n) is 9.69. The summed E-state index contributed by atoms with van der Waals surface area (Å²) in [6.07, 6.45) is 3.37. The highest BCUT2D eigenvalue weighted by Crippen LogP contribution is 2.13. The first-order valence-corrected chi connectivity index (χ1v) is 5.96. The van der Waals surface area contributed by atoms with Gasteiger partial charge in [-0.15, -0.1) is 0 Å². The summed E-state index contributed by atoms with van der Waals surface area (Å²) in [5.41, 5.74) is 5.88. The normalized spacial score (nSPS) is 21.8. The molecule has 1 atom stereocenters. The lowest BCUT2D eigenvalue weighted by Gasteiger charge is -2.33. The van der Waals surface area contributed by atoms with Gasteiger partial charge in [-0.3, -0.25) is 0 Å². The van der Waals surface area contributed by atoms with Crippen molar-refractivity contribution in [2.45, 2.75) is 38.3 Å². The second-order valence-electron chi connectivity index (χ2n) is 4.23. The van der Waals surface area contributed by atoms with Crippen LogP contribution in [0.5, 0.6) is 0 Å². The van der Waals surface area contributed by atoms with Crippen LogP contribution in [0.3, 0.4) is 0 Å². The molecule has 1 aliphatic heterocycles. The summed E-state index contributed by atoms with van der Waals surface area (Å²) < 4.78 is 5.59. The molecule has 0 aromatic carbocycles. The van der Waals surface area contributed by atoms with Crippen molar-refractivity contribution < 1.29 is 9.84 Å². The highest BCUT2D eigenvalue weighted by Gasteiger charge is 2.20. The van der Waals surface area contributed by atoms with Gasteiger partial charge in [-0.1, -0.05) is 0 Å². The fourth-order valence-electron chi connectivity index (χ4n) is 2.08. The van der Waals surface area contributed by atoms with Gasteiger partial charge in [0.25, 0.3) is 0 Å². The maximum Gasteiger partial charge on any atom is 0.0599 e. The maximum atomic E-state index is 8.76. The summed E-state index contributed by atoms with van der Waals surface area (Å²) in [5, 5.41) is 8.76. The molecule has 15 heavy (non-hydrogen) atoms. The third kappa shape index (κ3) is 4.93. The van der Waals surface area contributed by atoms with Gasteiger partial charge < -0.3 is 20.5 Å². The van der Waals surface area contributed by atoms with E-state index in [1.807, 2.05) is 6.92 Å². The molecule has 1 saturated heterocycles. The molecule has 1 heterocycles. The minimum Gasteiger partial charge on any atom is -0.396 e. The molecule has 4 heteroatoms. The summed E-state index contributed by atoms with van der Waals surface area (Å²) >= 11 is 0. The number of nitrogens with two attached hydrogens (primary N) is 1. The number of hydrogen-bond donors (Lipinski definition) is 2. The zero-order valence-corrected chi connectivity index (χ0v) is 9.69. The Kier molecular flexibility index (Phi) is 6.17. The second-order valence-corrected chi connectivity index (χ2v) is 4.23. The molecule has 0 aromatic heterocycles. The monoisotopic (exact) mass is 216 g/mol. The Hall–Kier alpha value is -0.160. The molecule has 0 bridgehead atoms. The number of hydrogen-bond acceptors (Lipinski definition) is 4. The van der Waals surface area contributed by atoms with E-state index in [-0.39, 0.29) is 12.6 Å². The smallest absolute Gasteiger partial charge is 0.0599 e. The van der Waals surface area contributed by atoms with Crippen LogP contribution in [0, 0.1) is 0 Å². The van der Waals surface area contributed by atoms with Crippen molar-refractivity contribution in [1.29, 1.82) is 0 Å². The molecule has 0 aromatic rings. The number of rotatable bonds is 6. The van der Waals surface area contributed by atoms with Crippen LogP contribution in [-0.2, 0) is 4.74 Å². The van der Waals surface area contributed by atoms with Crippen molar-refractivity contribution in [3.63, 3.8) is 0 Å². The van der Waals surface area contributed by atoms with E-state index >= 15 is 0 Å². The predicted octanol–water partition coefficient (Wildman–Crippen LogP) is 0.197. The Labute approximate surface area is 92.4 Å². The van der Waals surface area contributed by atoms with Crippen molar-refractivity contribution in [3.05, 3.63) is 0 Å². The molecule has 0 saturated carbocycles. The Morgan fingerprint density at radius 1 is 1.47 bits per heavy atom. The van der Waals surface area contributed by atoms with Crippen molar-refractivity contribution in [3.8, 4) is 0 Å². The Bertz CT molecular complexity index is 159. The first-order chi connectivity index (χ1) is 7.26. The average Bonchev–Trinajstić information content (AvgIpc) is 2.22. The number of piperidine rings is 1. The minimum atomic E-state index is 0.110. The molecule has 0 radical (unpaired) electrons. The SMILES string of the molecule is CCOC1CCN(CC(N)CCO)CC1. The number of nitrogens with zero attached hydrogens (tertiary/aromatic N) is 1. The van der Waals surface area contributed by atoms with E-state index < -0.39 is 0 Å². The van der Waals surface area contributed by atoms with Crippen molar-refractivity contribution in [2.24, 2.45) is 5.73 Å². The molecule has 90 valence electrons. The third-order valence-corrected chi connectivity index (χ3v) is 2.93. The molecule has 1 aliphatic rings. The first kappa shape index (κ1) is 12.9. The van der Waals surface area contributed by atoms with Crippen LogP contribution in [0.15, 0.2) is 0 Å². The standard InChI is InChI=1S/C11H24N2O2/c1-2-15-11-3-6-13(7-4-11)9-10(12)5-8-14/h10-11,14H,2-9,12H2,1H3. The summed E-state index contributed by atoms with van der Waals surface area (Å²) in [4.78, 5) is 2.37. The van der Waals surface area contributed by atoms with E-state index in [1.165, 1.54) is 0 Å². The number of aliphatic hydroxyl groups is 1. The van der Waals surface area contributed by atoms with Crippen LogP contribution in [0.1, 0.15) is 26.2 Å². The lowest BCUT2D eigenvalue weighted by molar-refractivity contribution is 0.0127. The lowest BCUT2D eigenvalue weighted by Crippen LogP contribution is -2.43. The maximum absolute atomic E-state index is 8.76. The fourth-order valence-corrected chi connectivity index (χ4v) is 2.08. The molecular formula is C11H24N2O2. The molecule has 3 N–H and O–H groups in total. The summed E-state index contributed by atoms with van der Waals surface area (Å²) in [7, 11) is 0. The Morgan fingerprint density at radius 3 is 2.67 bits per heavy atom. The summed E-state index contributed by atoms with van der Waals surface area (Å²) in [6, 6.07) is 0.110. The summed E-state index contributed by atoms with van der Waals surface area (Å²) in [6.45, 7) is 6.10. The van der Waals surface area contributed by atoms with Crippen LogP contribution in [0.25, 0.3) is 0 Å². The van der Waals surface area contributed by atoms with Gasteiger partial charge in [-0.2, -0.15) is 0 Å². The predicted molar refractivity (Wildman–Crippen MR) is 60.8 cm³/mol. The van der Waals surface area contributed by atoms with Gasteiger partial charge in [-0.25, -0.2) is 0 Å². The highest BCUT2D eigenvalue weighted by molar-refractivity contribution is 4.75. The van der Waals surface area contributed by atoms with Crippen LogP contribution in [0.4, 0.5) is 0 Å².